The summed E-state index contributed by atoms with van der Waals surface area (Å²) in [6.07, 6.45) is 2.84. The van der Waals surface area contributed by atoms with Gasteiger partial charge in [-0.25, -0.2) is 4.39 Å². The molecule has 1 aromatic rings. The van der Waals surface area contributed by atoms with Crippen molar-refractivity contribution in [3.8, 4) is 0 Å². The molecule has 1 aromatic carbocycles. The van der Waals surface area contributed by atoms with Gasteiger partial charge >= 0.3 is 0 Å². The van der Waals surface area contributed by atoms with E-state index in [2.05, 4.69) is 4.99 Å². The Hall–Kier alpha value is -1.35. The number of alkyl halides is 1. The fraction of sp³-hybridized carbons (Fsp3) is 0.182. The first-order valence-corrected chi connectivity index (χ1v) is 4.95. The molecule has 0 radical (unpaired) electrons. The molecule has 1 rings (SSSR count). The lowest BCUT2D eigenvalue weighted by atomic mass is 10.1. The van der Waals surface area contributed by atoms with Crippen molar-refractivity contribution in [1.29, 1.82) is 0 Å². The van der Waals surface area contributed by atoms with Crippen molar-refractivity contribution in [2.24, 2.45) is 10.7 Å². The number of nitrogens with zero attached hydrogens (tertiary/aromatic N) is 1. The van der Waals surface area contributed by atoms with Crippen LogP contribution in [0.3, 0.4) is 0 Å². The molecule has 2 nitrogen and oxygen atoms in total. The van der Waals surface area contributed by atoms with Crippen molar-refractivity contribution in [2.45, 2.75) is 5.88 Å². The van der Waals surface area contributed by atoms with E-state index in [9.17, 15) is 4.39 Å². The van der Waals surface area contributed by atoms with E-state index < -0.39 is 0 Å². The van der Waals surface area contributed by atoms with Crippen molar-refractivity contribution in [2.75, 3.05) is 7.05 Å². The van der Waals surface area contributed by atoms with E-state index in [1.165, 1.54) is 18.5 Å². The second kappa shape index (κ2) is 5.51. The van der Waals surface area contributed by atoms with Gasteiger partial charge in [0.05, 0.1) is 0 Å². The van der Waals surface area contributed by atoms with Crippen LogP contribution in [0.1, 0.15) is 11.1 Å². The molecule has 0 aliphatic carbocycles. The van der Waals surface area contributed by atoms with Crippen molar-refractivity contribution >= 4 is 23.4 Å². The first-order valence-electron chi connectivity index (χ1n) is 4.41. The summed E-state index contributed by atoms with van der Waals surface area (Å²) in [5.41, 5.74) is 7.10. The molecule has 0 unspecified atom stereocenters. The molecule has 0 heterocycles. The van der Waals surface area contributed by atoms with Gasteiger partial charge in [0.15, 0.2) is 0 Å². The summed E-state index contributed by atoms with van der Waals surface area (Å²) in [5, 5.41) is 0. The zero-order valence-electron chi connectivity index (χ0n) is 8.37. The zero-order chi connectivity index (χ0) is 11.3. The fourth-order valence-electron chi connectivity index (χ4n) is 1.22. The largest absolute Gasteiger partial charge is 0.404 e. The van der Waals surface area contributed by atoms with Gasteiger partial charge < -0.3 is 5.73 Å². The van der Waals surface area contributed by atoms with Crippen molar-refractivity contribution in [1.82, 2.24) is 0 Å². The maximum absolute atomic E-state index is 13.6. The molecule has 0 aliphatic rings. The van der Waals surface area contributed by atoms with Crippen LogP contribution in [0.5, 0.6) is 0 Å². The third kappa shape index (κ3) is 2.80. The van der Waals surface area contributed by atoms with Crippen LogP contribution in [0.15, 0.2) is 29.4 Å². The van der Waals surface area contributed by atoms with Crippen LogP contribution in [-0.4, -0.2) is 13.3 Å². The van der Waals surface area contributed by atoms with E-state index in [4.69, 9.17) is 17.3 Å². The first kappa shape index (κ1) is 11.7. The summed E-state index contributed by atoms with van der Waals surface area (Å²) in [4.78, 5) is 3.80. The molecule has 0 aliphatic heterocycles. The van der Waals surface area contributed by atoms with Crippen LogP contribution >= 0.6 is 11.6 Å². The molecule has 0 amide bonds. The predicted octanol–water partition coefficient (Wildman–Crippen LogP) is 2.56. The zero-order valence-corrected chi connectivity index (χ0v) is 9.13. The minimum Gasteiger partial charge on any atom is -0.404 e. The minimum absolute atomic E-state index is 0.292. The van der Waals surface area contributed by atoms with E-state index in [1.807, 2.05) is 0 Å². The summed E-state index contributed by atoms with van der Waals surface area (Å²) in [6, 6.07) is 4.81. The van der Waals surface area contributed by atoms with Crippen LogP contribution in [0.25, 0.3) is 5.57 Å². The highest BCUT2D eigenvalue weighted by Crippen LogP contribution is 2.18. The predicted molar refractivity (Wildman–Crippen MR) is 62.5 cm³/mol. The summed E-state index contributed by atoms with van der Waals surface area (Å²) in [5.74, 6) is -0.0504. The molecule has 0 saturated carbocycles. The fourth-order valence-corrected chi connectivity index (χ4v) is 1.38. The second-order valence-corrected chi connectivity index (χ2v) is 3.22. The summed E-state index contributed by atoms with van der Waals surface area (Å²) in [7, 11) is 1.61. The monoisotopic (exact) mass is 226 g/mol. The summed E-state index contributed by atoms with van der Waals surface area (Å²) < 4.78 is 13.6. The molecule has 15 heavy (non-hydrogen) atoms. The Labute approximate surface area is 93.3 Å². The van der Waals surface area contributed by atoms with Gasteiger partial charge in [0.1, 0.15) is 5.82 Å². The van der Waals surface area contributed by atoms with Crippen LogP contribution in [0, 0.1) is 5.82 Å². The smallest absolute Gasteiger partial charge is 0.131 e. The lowest BCUT2D eigenvalue weighted by Crippen LogP contribution is -1.96. The van der Waals surface area contributed by atoms with E-state index in [0.29, 0.717) is 17.0 Å². The van der Waals surface area contributed by atoms with Gasteiger partial charge in [-0.3, -0.25) is 4.99 Å². The van der Waals surface area contributed by atoms with Crippen LogP contribution in [0.4, 0.5) is 4.39 Å². The standard InChI is InChI=1S/C11H12ClFN2/c1-15-7-9(6-14)10-3-2-8(5-12)4-11(10)13/h2-4,6-7H,5,14H2,1H3/b9-6+,15-7?. The number of hydrogen-bond donors (Lipinski definition) is 1. The highest BCUT2D eigenvalue weighted by atomic mass is 35.5. The molecule has 0 fully saturated rings. The number of halogens is 2. The lowest BCUT2D eigenvalue weighted by Gasteiger charge is -2.04. The Kier molecular flexibility index (Phi) is 4.31. The van der Waals surface area contributed by atoms with Crippen LogP contribution in [0.2, 0.25) is 0 Å². The van der Waals surface area contributed by atoms with E-state index in [0.717, 1.165) is 5.56 Å². The SMILES string of the molecule is CN=C/C(=C\N)c1ccc(CCl)cc1F. The molecule has 0 atom stereocenters. The Morgan fingerprint density at radius 3 is 2.80 bits per heavy atom. The summed E-state index contributed by atoms with van der Waals surface area (Å²) in [6.45, 7) is 0. The van der Waals surface area contributed by atoms with Gasteiger partial charge in [0, 0.05) is 36.5 Å². The van der Waals surface area contributed by atoms with Crippen LogP contribution in [-0.2, 0) is 5.88 Å². The molecule has 0 saturated heterocycles. The van der Waals surface area contributed by atoms with Crippen molar-refractivity contribution in [3.63, 3.8) is 0 Å². The Balaban J connectivity index is 3.15. The first-order chi connectivity index (χ1) is 7.22. The molecule has 4 heteroatoms. The third-order valence-electron chi connectivity index (χ3n) is 1.95. The van der Waals surface area contributed by atoms with Gasteiger partial charge in [-0.2, -0.15) is 0 Å². The van der Waals surface area contributed by atoms with Gasteiger partial charge in [-0.1, -0.05) is 12.1 Å². The number of hydrogen-bond acceptors (Lipinski definition) is 2. The topological polar surface area (TPSA) is 38.4 Å². The van der Waals surface area contributed by atoms with E-state index in [-0.39, 0.29) is 5.82 Å². The number of rotatable bonds is 3. The molecule has 2 N–H and O–H groups in total. The molecular weight excluding hydrogens is 215 g/mol. The quantitative estimate of drug-likeness (QED) is 0.624. The lowest BCUT2D eigenvalue weighted by molar-refractivity contribution is 0.623. The third-order valence-corrected chi connectivity index (χ3v) is 2.26. The summed E-state index contributed by atoms with van der Waals surface area (Å²) >= 11 is 5.59. The van der Waals surface area contributed by atoms with Gasteiger partial charge in [0.25, 0.3) is 0 Å². The average molecular weight is 227 g/mol. The highest BCUT2D eigenvalue weighted by molar-refractivity contribution is 6.17. The van der Waals surface area contributed by atoms with Crippen molar-refractivity contribution in [3.05, 3.63) is 41.3 Å². The molecule has 0 bridgehead atoms. The maximum Gasteiger partial charge on any atom is 0.131 e. The second-order valence-electron chi connectivity index (χ2n) is 2.96. The van der Waals surface area contributed by atoms with E-state index in [1.54, 1.807) is 19.2 Å². The molecule has 0 spiro atoms. The Morgan fingerprint density at radius 1 is 1.60 bits per heavy atom. The number of allylic oxidation sites excluding steroid dienone is 1. The number of nitrogens with two attached hydrogens (primary N) is 1. The van der Waals surface area contributed by atoms with Crippen molar-refractivity contribution < 1.29 is 4.39 Å². The average Bonchev–Trinajstić information content (AvgIpc) is 2.26. The van der Waals surface area contributed by atoms with Gasteiger partial charge in [-0.05, 0) is 11.6 Å². The van der Waals surface area contributed by atoms with E-state index >= 15 is 0 Å². The van der Waals surface area contributed by atoms with Crippen LogP contribution < -0.4 is 5.73 Å². The minimum atomic E-state index is -0.343. The number of aliphatic imine (C=N–C) groups is 1. The Morgan fingerprint density at radius 2 is 2.33 bits per heavy atom. The Bertz CT molecular complexity index is 400. The highest BCUT2D eigenvalue weighted by Gasteiger charge is 2.06. The molecule has 80 valence electrons. The number of benzene rings is 1. The molecular formula is C11H12ClFN2. The van der Waals surface area contributed by atoms with Gasteiger partial charge in [0.2, 0.25) is 0 Å². The normalized spacial score (nSPS) is 12.3. The maximum atomic E-state index is 13.6. The van der Waals surface area contributed by atoms with Gasteiger partial charge in [-0.15, -0.1) is 11.6 Å². The molecule has 0 aromatic heterocycles.